The molecule has 3 nitrogen and oxygen atoms in total. The van der Waals surface area contributed by atoms with Gasteiger partial charge >= 0.3 is 0 Å². The van der Waals surface area contributed by atoms with Crippen LogP contribution in [-0.2, 0) is 0 Å². The van der Waals surface area contributed by atoms with Crippen LogP contribution in [0.4, 0.5) is 11.4 Å². The van der Waals surface area contributed by atoms with Crippen LogP contribution < -0.4 is 10.2 Å². The highest BCUT2D eigenvalue weighted by molar-refractivity contribution is 6.07. The summed E-state index contributed by atoms with van der Waals surface area (Å²) in [6, 6.07) is 27.1. The van der Waals surface area contributed by atoms with Crippen molar-refractivity contribution in [2.45, 2.75) is 52.1 Å². The van der Waals surface area contributed by atoms with Gasteiger partial charge in [-0.1, -0.05) is 76.2 Å². The van der Waals surface area contributed by atoms with E-state index in [1.54, 1.807) is 0 Å². The molecule has 0 saturated heterocycles. The predicted molar refractivity (Wildman–Crippen MR) is 130 cm³/mol. The van der Waals surface area contributed by atoms with Crippen LogP contribution >= 0.6 is 0 Å². The standard InChI is InChI=1S/C28H32N2O/c1-5-25-20(4)27(29-23-11-7-6-8-12-23)24-13-9-10-14-26(24)30(25)28(31)22-17-15-21(16-18-22)19(2)3/h6-20,25,27,29H,5H2,1-4H3/t20-,25-,27-/m1/s1. The molecule has 1 amide bonds. The summed E-state index contributed by atoms with van der Waals surface area (Å²) in [5, 5.41) is 3.73. The first-order chi connectivity index (χ1) is 15.0. The van der Waals surface area contributed by atoms with Gasteiger partial charge in [0.15, 0.2) is 0 Å². The van der Waals surface area contributed by atoms with Gasteiger partial charge in [0.25, 0.3) is 5.91 Å². The molecule has 3 aromatic carbocycles. The highest BCUT2D eigenvalue weighted by Crippen LogP contribution is 2.44. The molecule has 3 atom stereocenters. The lowest BCUT2D eigenvalue weighted by Crippen LogP contribution is -2.50. The van der Waals surface area contributed by atoms with E-state index < -0.39 is 0 Å². The third-order valence-electron chi connectivity index (χ3n) is 6.55. The summed E-state index contributed by atoms with van der Waals surface area (Å²) < 4.78 is 0. The van der Waals surface area contributed by atoms with E-state index in [2.05, 4.69) is 87.6 Å². The maximum absolute atomic E-state index is 13.7. The minimum Gasteiger partial charge on any atom is -0.378 e. The Kier molecular flexibility index (Phi) is 6.13. The molecule has 0 bridgehead atoms. The molecule has 0 unspecified atom stereocenters. The van der Waals surface area contributed by atoms with Crippen molar-refractivity contribution in [3.63, 3.8) is 0 Å². The maximum Gasteiger partial charge on any atom is 0.258 e. The smallest absolute Gasteiger partial charge is 0.258 e. The second-order valence-electron chi connectivity index (χ2n) is 8.83. The molecule has 1 aliphatic rings. The number of hydrogen-bond donors (Lipinski definition) is 1. The van der Waals surface area contributed by atoms with Gasteiger partial charge in [0, 0.05) is 28.9 Å². The number of para-hydroxylation sites is 2. The van der Waals surface area contributed by atoms with Crippen LogP contribution in [0.3, 0.4) is 0 Å². The average Bonchev–Trinajstić information content (AvgIpc) is 2.80. The Morgan fingerprint density at radius 1 is 0.935 bits per heavy atom. The van der Waals surface area contributed by atoms with E-state index >= 15 is 0 Å². The Morgan fingerprint density at radius 3 is 2.23 bits per heavy atom. The topological polar surface area (TPSA) is 32.3 Å². The highest BCUT2D eigenvalue weighted by atomic mass is 16.2. The van der Waals surface area contributed by atoms with Gasteiger partial charge in [-0.25, -0.2) is 0 Å². The monoisotopic (exact) mass is 412 g/mol. The molecular formula is C28H32N2O. The minimum atomic E-state index is 0.0830. The van der Waals surface area contributed by atoms with Crippen LogP contribution in [0, 0.1) is 5.92 Å². The Balaban J connectivity index is 1.73. The van der Waals surface area contributed by atoms with Gasteiger partial charge in [-0.3, -0.25) is 4.79 Å². The van der Waals surface area contributed by atoms with Crippen molar-refractivity contribution in [1.29, 1.82) is 0 Å². The average molecular weight is 413 g/mol. The van der Waals surface area contributed by atoms with Crippen molar-refractivity contribution in [2.75, 3.05) is 10.2 Å². The highest BCUT2D eigenvalue weighted by Gasteiger charge is 2.40. The van der Waals surface area contributed by atoms with Crippen molar-refractivity contribution in [3.05, 3.63) is 95.6 Å². The zero-order valence-electron chi connectivity index (χ0n) is 18.9. The molecule has 0 radical (unpaired) electrons. The summed E-state index contributed by atoms with van der Waals surface area (Å²) in [5.74, 6) is 0.798. The molecule has 3 heteroatoms. The van der Waals surface area contributed by atoms with Crippen LogP contribution in [0.5, 0.6) is 0 Å². The fourth-order valence-electron chi connectivity index (χ4n) is 4.78. The molecule has 0 spiro atoms. The molecule has 4 rings (SSSR count). The molecule has 3 aromatic rings. The number of fused-ring (bicyclic) bond motifs is 1. The number of benzene rings is 3. The number of carbonyl (C=O) groups excluding carboxylic acids is 1. The normalized spacial score (nSPS) is 20.4. The quantitative estimate of drug-likeness (QED) is 0.487. The van der Waals surface area contributed by atoms with Crippen molar-refractivity contribution < 1.29 is 4.79 Å². The number of nitrogens with one attached hydrogen (secondary N) is 1. The van der Waals surface area contributed by atoms with Crippen LogP contribution in [0.25, 0.3) is 0 Å². The largest absolute Gasteiger partial charge is 0.378 e. The number of carbonyl (C=O) groups is 1. The minimum absolute atomic E-state index is 0.0830. The van der Waals surface area contributed by atoms with E-state index in [9.17, 15) is 4.79 Å². The first kappa shape index (κ1) is 21.2. The summed E-state index contributed by atoms with van der Waals surface area (Å²) in [5.41, 5.74) is 5.30. The van der Waals surface area contributed by atoms with E-state index in [0.29, 0.717) is 5.92 Å². The third-order valence-corrected chi connectivity index (χ3v) is 6.55. The number of anilines is 2. The lowest BCUT2D eigenvalue weighted by molar-refractivity contribution is 0.0960. The molecule has 160 valence electrons. The molecule has 1 aliphatic heterocycles. The van der Waals surface area contributed by atoms with E-state index in [1.807, 2.05) is 29.2 Å². The molecule has 1 heterocycles. The van der Waals surface area contributed by atoms with Gasteiger partial charge in [0.2, 0.25) is 0 Å². The van der Waals surface area contributed by atoms with E-state index in [-0.39, 0.29) is 23.9 Å². The van der Waals surface area contributed by atoms with Crippen LogP contribution in [0.2, 0.25) is 0 Å². The van der Waals surface area contributed by atoms with Gasteiger partial charge in [-0.15, -0.1) is 0 Å². The molecule has 31 heavy (non-hydrogen) atoms. The summed E-state index contributed by atoms with van der Waals surface area (Å²) in [4.78, 5) is 15.8. The fourth-order valence-corrected chi connectivity index (χ4v) is 4.78. The maximum atomic E-state index is 13.7. The van der Waals surface area contributed by atoms with Crippen molar-refractivity contribution in [3.8, 4) is 0 Å². The van der Waals surface area contributed by atoms with Gasteiger partial charge in [0.1, 0.15) is 0 Å². The van der Waals surface area contributed by atoms with Gasteiger partial charge < -0.3 is 10.2 Å². The van der Waals surface area contributed by atoms with Crippen LogP contribution in [0.15, 0.2) is 78.9 Å². The van der Waals surface area contributed by atoms with Gasteiger partial charge in [-0.2, -0.15) is 0 Å². The number of rotatable bonds is 5. The second-order valence-corrected chi connectivity index (χ2v) is 8.83. The zero-order chi connectivity index (χ0) is 22.0. The van der Waals surface area contributed by atoms with Crippen molar-refractivity contribution >= 4 is 17.3 Å². The lowest BCUT2D eigenvalue weighted by Gasteiger charge is -2.45. The number of nitrogens with zero attached hydrogens (tertiary/aromatic N) is 1. The number of hydrogen-bond acceptors (Lipinski definition) is 2. The Labute approximate surface area is 186 Å². The first-order valence-electron chi connectivity index (χ1n) is 11.3. The van der Waals surface area contributed by atoms with Crippen LogP contribution in [-0.4, -0.2) is 11.9 Å². The summed E-state index contributed by atoms with van der Waals surface area (Å²) in [7, 11) is 0. The van der Waals surface area contributed by atoms with Crippen LogP contribution in [0.1, 0.15) is 67.6 Å². The Morgan fingerprint density at radius 2 is 1.58 bits per heavy atom. The van der Waals surface area contributed by atoms with Gasteiger partial charge in [0.05, 0.1) is 6.04 Å². The van der Waals surface area contributed by atoms with E-state index in [1.165, 1.54) is 11.1 Å². The summed E-state index contributed by atoms with van der Waals surface area (Å²) in [6.45, 7) is 8.78. The molecule has 0 fully saturated rings. The second kappa shape index (κ2) is 8.97. The molecular weight excluding hydrogens is 380 g/mol. The molecule has 0 aromatic heterocycles. The lowest BCUT2D eigenvalue weighted by atomic mass is 9.80. The Hall–Kier alpha value is -3.07. The third kappa shape index (κ3) is 4.10. The summed E-state index contributed by atoms with van der Waals surface area (Å²) in [6.07, 6.45) is 0.901. The predicted octanol–water partition coefficient (Wildman–Crippen LogP) is 7.04. The number of amides is 1. The summed E-state index contributed by atoms with van der Waals surface area (Å²) >= 11 is 0. The van der Waals surface area contributed by atoms with Crippen molar-refractivity contribution in [1.82, 2.24) is 0 Å². The first-order valence-corrected chi connectivity index (χ1v) is 11.3. The Bertz CT molecular complexity index is 1030. The van der Waals surface area contributed by atoms with Gasteiger partial charge in [-0.05, 0) is 53.8 Å². The van der Waals surface area contributed by atoms with E-state index in [4.69, 9.17) is 0 Å². The van der Waals surface area contributed by atoms with E-state index in [0.717, 1.165) is 23.4 Å². The fraction of sp³-hybridized carbons (Fsp3) is 0.321. The SMILES string of the molecule is CC[C@@H]1[C@@H](C)[C@@H](Nc2ccccc2)c2ccccc2N1C(=O)c1ccc(C(C)C)cc1. The molecule has 1 N–H and O–H groups in total. The zero-order valence-corrected chi connectivity index (χ0v) is 18.9. The molecule has 0 saturated carbocycles. The molecule has 0 aliphatic carbocycles. The van der Waals surface area contributed by atoms with Crippen molar-refractivity contribution in [2.24, 2.45) is 5.92 Å².